The van der Waals surface area contributed by atoms with E-state index in [9.17, 15) is 18.0 Å². The van der Waals surface area contributed by atoms with Crippen molar-refractivity contribution in [3.63, 3.8) is 0 Å². The molecule has 9 heteroatoms. The summed E-state index contributed by atoms with van der Waals surface area (Å²) in [5.41, 5.74) is 0.325. The van der Waals surface area contributed by atoms with Crippen LogP contribution in [0, 0.1) is 11.3 Å². The molecule has 122 valence electrons. The molecule has 1 heterocycles. The molecule has 0 bridgehead atoms. The van der Waals surface area contributed by atoms with E-state index in [4.69, 9.17) is 10.4 Å². The fourth-order valence-corrected chi connectivity index (χ4v) is 2.51. The van der Waals surface area contributed by atoms with E-state index < -0.39 is 18.6 Å². The fraction of sp³-hybridized carbons (Fsp3) is 0.538. The van der Waals surface area contributed by atoms with Crippen molar-refractivity contribution < 1.29 is 23.1 Å². The van der Waals surface area contributed by atoms with Crippen LogP contribution < -0.4 is 5.32 Å². The lowest BCUT2D eigenvalue weighted by molar-refractivity contribution is -0.147. The number of carbonyl (C=O) groups excluding carboxylic acids is 1. The first-order valence-corrected chi connectivity index (χ1v) is 7.41. The fourth-order valence-electron chi connectivity index (χ4n) is 1.76. The van der Waals surface area contributed by atoms with Crippen molar-refractivity contribution in [2.75, 3.05) is 31.6 Å². The summed E-state index contributed by atoms with van der Waals surface area (Å²) in [4.78, 5) is 12.8. The van der Waals surface area contributed by atoms with Gasteiger partial charge in [0.1, 0.15) is 11.1 Å². The van der Waals surface area contributed by atoms with Crippen LogP contribution in [0.3, 0.4) is 0 Å². The molecule has 0 radical (unpaired) electrons. The molecule has 5 nitrogen and oxygen atoms in total. The van der Waals surface area contributed by atoms with Crippen molar-refractivity contribution in [2.45, 2.75) is 19.0 Å². The molecule has 0 aliphatic carbocycles. The van der Waals surface area contributed by atoms with Gasteiger partial charge in [-0.15, -0.1) is 11.3 Å². The zero-order valence-electron chi connectivity index (χ0n) is 11.7. The van der Waals surface area contributed by atoms with Gasteiger partial charge in [-0.1, -0.05) is 0 Å². The van der Waals surface area contributed by atoms with Crippen molar-refractivity contribution in [2.24, 2.45) is 0 Å². The van der Waals surface area contributed by atoms with Gasteiger partial charge in [0.25, 0.3) is 0 Å². The molecule has 0 saturated carbocycles. The van der Waals surface area contributed by atoms with Crippen molar-refractivity contribution in [1.82, 2.24) is 4.90 Å². The second-order valence-corrected chi connectivity index (χ2v) is 5.46. The van der Waals surface area contributed by atoms with E-state index in [-0.39, 0.29) is 32.5 Å². The van der Waals surface area contributed by atoms with Crippen LogP contribution in [0.1, 0.15) is 18.4 Å². The lowest BCUT2D eigenvalue weighted by Gasteiger charge is -2.22. The summed E-state index contributed by atoms with van der Waals surface area (Å²) < 4.78 is 37.3. The highest BCUT2D eigenvalue weighted by Crippen LogP contribution is 2.22. The number of nitrogens with zero attached hydrogens (tertiary/aromatic N) is 2. The number of alkyl halides is 3. The predicted molar refractivity (Wildman–Crippen MR) is 76.5 cm³/mol. The van der Waals surface area contributed by atoms with Crippen LogP contribution in [0.5, 0.6) is 0 Å². The first-order chi connectivity index (χ1) is 10.4. The van der Waals surface area contributed by atoms with Crippen LogP contribution in [0.4, 0.5) is 18.2 Å². The molecular weight excluding hydrogens is 319 g/mol. The summed E-state index contributed by atoms with van der Waals surface area (Å²) in [6.07, 6.45) is -4.26. The summed E-state index contributed by atoms with van der Waals surface area (Å²) in [7, 11) is 0. The van der Waals surface area contributed by atoms with E-state index in [1.807, 2.05) is 6.07 Å². The minimum absolute atomic E-state index is 0.0612. The van der Waals surface area contributed by atoms with Crippen LogP contribution in [0.25, 0.3) is 0 Å². The van der Waals surface area contributed by atoms with E-state index in [1.54, 1.807) is 11.4 Å². The maximum Gasteiger partial charge on any atom is 0.401 e. The Balaban J connectivity index is 2.49. The van der Waals surface area contributed by atoms with Gasteiger partial charge in [0.05, 0.1) is 12.1 Å². The molecule has 0 aliphatic rings. The van der Waals surface area contributed by atoms with Gasteiger partial charge in [-0.2, -0.15) is 18.4 Å². The van der Waals surface area contributed by atoms with Gasteiger partial charge >= 0.3 is 6.18 Å². The highest BCUT2D eigenvalue weighted by molar-refractivity contribution is 7.14. The third-order valence-electron chi connectivity index (χ3n) is 2.73. The molecule has 0 spiro atoms. The molecular formula is C13H16F3N3O2S. The molecule has 1 aromatic heterocycles. The third kappa shape index (κ3) is 6.89. The molecule has 0 atom stereocenters. The van der Waals surface area contributed by atoms with E-state index in [0.29, 0.717) is 10.6 Å². The largest absolute Gasteiger partial charge is 0.401 e. The molecule has 0 aromatic carbocycles. The molecule has 22 heavy (non-hydrogen) atoms. The van der Waals surface area contributed by atoms with Gasteiger partial charge in [-0.05, 0) is 17.9 Å². The Kier molecular flexibility index (Phi) is 7.31. The minimum Gasteiger partial charge on any atom is -0.396 e. The Labute approximate surface area is 130 Å². The molecule has 0 unspecified atom stereocenters. The van der Waals surface area contributed by atoms with E-state index in [0.717, 1.165) is 4.90 Å². The number of nitrogens with one attached hydrogen (secondary N) is 1. The van der Waals surface area contributed by atoms with Gasteiger partial charge in [-0.3, -0.25) is 9.69 Å². The van der Waals surface area contributed by atoms with Gasteiger partial charge in [0.15, 0.2) is 0 Å². The Bertz CT molecular complexity index is 525. The number of hydrogen-bond donors (Lipinski definition) is 2. The highest BCUT2D eigenvalue weighted by Gasteiger charge is 2.30. The normalized spacial score (nSPS) is 11.5. The standard InChI is InChI=1S/C13H16F3N3O2S/c14-13(15,16)9-19(4-1-6-20)5-2-11(21)18-12-10(8-17)3-7-22-12/h3,7,20H,1-2,4-6,9H2,(H,18,21). The molecule has 1 amide bonds. The van der Waals surface area contributed by atoms with Crippen LogP contribution in [0.2, 0.25) is 0 Å². The number of amides is 1. The van der Waals surface area contributed by atoms with Crippen molar-refractivity contribution in [3.05, 3.63) is 17.0 Å². The average molecular weight is 335 g/mol. The number of hydrogen-bond acceptors (Lipinski definition) is 5. The molecule has 0 fully saturated rings. The lowest BCUT2D eigenvalue weighted by Crippen LogP contribution is -2.37. The molecule has 1 rings (SSSR count). The van der Waals surface area contributed by atoms with Crippen LogP contribution >= 0.6 is 11.3 Å². The van der Waals surface area contributed by atoms with Gasteiger partial charge in [-0.25, -0.2) is 0 Å². The van der Waals surface area contributed by atoms with Gasteiger partial charge < -0.3 is 10.4 Å². The van der Waals surface area contributed by atoms with Crippen molar-refractivity contribution in [3.8, 4) is 6.07 Å². The van der Waals surface area contributed by atoms with Crippen LogP contribution in [-0.2, 0) is 4.79 Å². The number of thiophene rings is 1. The summed E-state index contributed by atoms with van der Waals surface area (Å²) >= 11 is 1.18. The number of aliphatic hydroxyl groups is 1. The second kappa shape index (κ2) is 8.73. The zero-order valence-corrected chi connectivity index (χ0v) is 12.5. The summed E-state index contributed by atoms with van der Waals surface area (Å²) in [5, 5.41) is 22.1. The smallest absolute Gasteiger partial charge is 0.396 e. The van der Waals surface area contributed by atoms with E-state index in [1.165, 1.54) is 11.3 Å². The first kappa shape index (κ1) is 18.4. The SMILES string of the molecule is N#Cc1ccsc1NC(=O)CCN(CCCO)CC(F)(F)F. The van der Waals surface area contributed by atoms with Crippen LogP contribution in [-0.4, -0.2) is 48.3 Å². The number of aliphatic hydroxyl groups excluding tert-OH is 1. The zero-order chi connectivity index (χ0) is 16.6. The predicted octanol–water partition coefficient (Wildman–Crippen LogP) is 2.20. The first-order valence-electron chi connectivity index (χ1n) is 6.53. The number of halogens is 3. The topological polar surface area (TPSA) is 76.4 Å². The Morgan fingerprint density at radius 3 is 2.77 bits per heavy atom. The molecule has 0 saturated heterocycles. The average Bonchev–Trinajstić information content (AvgIpc) is 2.87. The minimum atomic E-state index is -4.35. The summed E-state index contributed by atoms with van der Waals surface area (Å²) in [6.45, 7) is -1.34. The molecule has 1 aromatic rings. The highest BCUT2D eigenvalue weighted by atomic mass is 32.1. The Hall–Kier alpha value is -1.63. The second-order valence-electron chi connectivity index (χ2n) is 4.54. The maximum absolute atomic E-state index is 12.4. The Morgan fingerprint density at radius 1 is 1.45 bits per heavy atom. The molecule has 2 N–H and O–H groups in total. The van der Waals surface area contributed by atoms with Crippen LogP contribution in [0.15, 0.2) is 11.4 Å². The quantitative estimate of drug-likeness (QED) is 0.763. The number of nitriles is 1. The van der Waals surface area contributed by atoms with Crippen molar-refractivity contribution in [1.29, 1.82) is 5.26 Å². The third-order valence-corrected chi connectivity index (χ3v) is 3.56. The lowest BCUT2D eigenvalue weighted by atomic mass is 10.3. The van der Waals surface area contributed by atoms with Crippen molar-refractivity contribution >= 4 is 22.2 Å². The van der Waals surface area contributed by atoms with Gasteiger partial charge in [0.2, 0.25) is 5.91 Å². The van der Waals surface area contributed by atoms with Gasteiger partial charge in [0, 0.05) is 26.1 Å². The number of rotatable bonds is 8. The van der Waals surface area contributed by atoms with E-state index >= 15 is 0 Å². The van der Waals surface area contributed by atoms with E-state index in [2.05, 4.69) is 5.32 Å². The maximum atomic E-state index is 12.4. The number of carbonyl (C=O) groups is 1. The number of anilines is 1. The summed E-state index contributed by atoms with van der Waals surface area (Å²) in [6, 6.07) is 3.47. The molecule has 0 aliphatic heterocycles. The monoisotopic (exact) mass is 335 g/mol. The summed E-state index contributed by atoms with van der Waals surface area (Å²) in [5.74, 6) is -0.449. The Morgan fingerprint density at radius 2 is 2.18 bits per heavy atom.